The van der Waals surface area contributed by atoms with Crippen LogP contribution in [0.15, 0.2) is 11.1 Å². The van der Waals surface area contributed by atoms with Gasteiger partial charge in [0.05, 0.1) is 18.6 Å². The van der Waals surface area contributed by atoms with Gasteiger partial charge in [0.25, 0.3) is 0 Å². The molecule has 0 spiro atoms. The zero-order chi connectivity index (χ0) is 21.6. The summed E-state index contributed by atoms with van der Waals surface area (Å²) in [5.41, 5.74) is -2.12. The molecule has 28 heavy (non-hydrogen) atoms. The molecule has 1 aliphatic rings. The van der Waals surface area contributed by atoms with Crippen molar-refractivity contribution in [3.8, 4) is 5.75 Å². The van der Waals surface area contributed by atoms with Crippen LogP contribution < -0.4 is 4.74 Å². The maximum atomic E-state index is 14.1. The number of ether oxygens (including phenoxy) is 2. The lowest BCUT2D eigenvalue weighted by Gasteiger charge is -2.14. The Bertz CT molecular complexity index is 832. The fraction of sp³-hybridized carbons (Fsp3) is 0.500. The zero-order valence-corrected chi connectivity index (χ0v) is 16.1. The molecule has 0 unspecified atom stereocenters. The standard InChI is InChI=1S/C18H17ClF6O3/c1-7-12(20)14(22)8(15(27-4)13(7)21)6-28-16(26)11-9(17(11,2)3)5-10(19)18(23,24)25/h5,9,11H,6H2,1-4H3/t9-,11-/m0/s1. The van der Waals surface area contributed by atoms with Gasteiger partial charge in [0.15, 0.2) is 23.2 Å². The molecule has 0 heterocycles. The van der Waals surface area contributed by atoms with Crippen LogP contribution in [0.1, 0.15) is 25.0 Å². The third-order valence-corrected chi connectivity index (χ3v) is 5.25. The predicted octanol–water partition coefficient (Wildman–Crippen LogP) is 5.42. The smallest absolute Gasteiger partial charge is 0.426 e. The van der Waals surface area contributed by atoms with E-state index in [4.69, 9.17) is 21.1 Å². The Morgan fingerprint density at radius 2 is 1.75 bits per heavy atom. The Morgan fingerprint density at radius 1 is 1.18 bits per heavy atom. The predicted molar refractivity (Wildman–Crippen MR) is 88.2 cm³/mol. The van der Waals surface area contributed by atoms with Crippen molar-refractivity contribution in [2.24, 2.45) is 17.3 Å². The van der Waals surface area contributed by atoms with Gasteiger partial charge in [-0.3, -0.25) is 4.79 Å². The van der Waals surface area contributed by atoms with Crippen LogP contribution in [-0.2, 0) is 16.1 Å². The molecule has 1 saturated carbocycles. The molecule has 0 aromatic heterocycles. The first-order valence-corrected chi connectivity index (χ1v) is 8.44. The summed E-state index contributed by atoms with van der Waals surface area (Å²) in [6, 6.07) is 0. The van der Waals surface area contributed by atoms with Gasteiger partial charge in [-0.25, -0.2) is 13.2 Å². The first-order valence-electron chi connectivity index (χ1n) is 8.06. The molecule has 2 atom stereocenters. The second kappa shape index (κ2) is 7.50. The lowest BCUT2D eigenvalue weighted by Crippen LogP contribution is -2.13. The van der Waals surface area contributed by atoms with Crippen molar-refractivity contribution >= 4 is 17.6 Å². The third-order valence-electron chi connectivity index (χ3n) is 4.91. The Hall–Kier alpha value is -1.90. The molecule has 1 fully saturated rings. The van der Waals surface area contributed by atoms with Crippen LogP contribution in [0.25, 0.3) is 0 Å². The maximum absolute atomic E-state index is 14.1. The number of alkyl halides is 3. The van der Waals surface area contributed by atoms with Crippen molar-refractivity contribution in [2.45, 2.75) is 33.6 Å². The van der Waals surface area contributed by atoms with Crippen molar-refractivity contribution < 1.29 is 40.6 Å². The summed E-state index contributed by atoms with van der Waals surface area (Å²) < 4.78 is 89.3. The van der Waals surface area contributed by atoms with Gasteiger partial charge >= 0.3 is 12.1 Å². The molecule has 0 amide bonds. The van der Waals surface area contributed by atoms with E-state index in [0.29, 0.717) is 0 Å². The van der Waals surface area contributed by atoms with E-state index in [2.05, 4.69) is 0 Å². The van der Waals surface area contributed by atoms with Crippen LogP contribution in [-0.4, -0.2) is 19.3 Å². The molecule has 0 N–H and O–H groups in total. The van der Waals surface area contributed by atoms with E-state index in [9.17, 15) is 31.1 Å². The minimum atomic E-state index is -4.75. The summed E-state index contributed by atoms with van der Waals surface area (Å²) in [7, 11) is 1.03. The Morgan fingerprint density at radius 3 is 2.25 bits per heavy atom. The molecule has 1 aromatic rings. The third kappa shape index (κ3) is 3.94. The largest absolute Gasteiger partial charge is 0.493 e. The van der Waals surface area contributed by atoms with Crippen molar-refractivity contribution in [1.82, 2.24) is 0 Å². The summed E-state index contributed by atoms with van der Waals surface area (Å²) in [4.78, 5) is 12.3. The summed E-state index contributed by atoms with van der Waals surface area (Å²) in [6.07, 6.45) is -4.03. The van der Waals surface area contributed by atoms with Crippen LogP contribution in [0, 0.1) is 41.6 Å². The number of rotatable bonds is 5. The van der Waals surface area contributed by atoms with E-state index in [1.807, 2.05) is 0 Å². The van der Waals surface area contributed by atoms with Crippen LogP contribution in [0.5, 0.6) is 5.75 Å². The van der Waals surface area contributed by atoms with Crippen LogP contribution in [0.2, 0.25) is 0 Å². The first kappa shape index (κ1) is 22.4. The number of allylic oxidation sites excluding steroid dienone is 2. The monoisotopic (exact) mass is 430 g/mol. The first-order chi connectivity index (χ1) is 12.7. The van der Waals surface area contributed by atoms with E-state index in [1.54, 1.807) is 0 Å². The highest BCUT2D eigenvalue weighted by molar-refractivity contribution is 6.30. The molecule has 1 aromatic carbocycles. The van der Waals surface area contributed by atoms with Crippen molar-refractivity contribution in [3.05, 3.63) is 39.7 Å². The van der Waals surface area contributed by atoms with Gasteiger partial charge in [0.1, 0.15) is 11.6 Å². The quantitative estimate of drug-likeness (QED) is 0.355. The number of carbonyl (C=O) groups excluding carboxylic acids is 1. The molecule has 0 saturated heterocycles. The Kier molecular flexibility index (Phi) is 5.99. The fourth-order valence-corrected chi connectivity index (χ4v) is 3.20. The summed E-state index contributed by atoms with van der Waals surface area (Å²) in [5.74, 6) is -7.41. The van der Waals surface area contributed by atoms with E-state index in [0.717, 1.165) is 20.1 Å². The lowest BCUT2D eigenvalue weighted by atomic mass is 10.1. The average Bonchev–Trinajstić information content (AvgIpc) is 3.14. The molecule has 0 aliphatic heterocycles. The molecule has 1 aliphatic carbocycles. The van der Waals surface area contributed by atoms with E-state index in [-0.39, 0.29) is 0 Å². The molecule has 10 heteroatoms. The SMILES string of the molecule is COc1c(F)c(C)c(F)c(F)c1COC(=O)[C@@H]1[C@H](C=C(Cl)C(F)(F)F)C1(C)C. The number of halogens is 7. The number of carbonyl (C=O) groups is 1. The van der Waals surface area contributed by atoms with Crippen LogP contribution in [0.4, 0.5) is 26.3 Å². The van der Waals surface area contributed by atoms with Gasteiger partial charge in [-0.2, -0.15) is 13.2 Å². The second-order valence-electron chi connectivity index (χ2n) is 7.02. The normalized spacial score (nSPS) is 21.5. The number of hydrogen-bond donors (Lipinski definition) is 0. The molecule has 0 radical (unpaired) electrons. The minimum Gasteiger partial charge on any atom is -0.493 e. The van der Waals surface area contributed by atoms with Crippen LogP contribution >= 0.6 is 11.6 Å². The number of esters is 1. The number of benzene rings is 1. The van der Waals surface area contributed by atoms with E-state index >= 15 is 0 Å². The second-order valence-corrected chi connectivity index (χ2v) is 7.43. The summed E-state index contributed by atoms with van der Waals surface area (Å²) in [5, 5.41) is -1.36. The van der Waals surface area contributed by atoms with Gasteiger partial charge in [-0.15, -0.1) is 0 Å². The van der Waals surface area contributed by atoms with Crippen molar-refractivity contribution in [2.75, 3.05) is 7.11 Å². The van der Waals surface area contributed by atoms with Crippen molar-refractivity contribution in [1.29, 1.82) is 0 Å². The minimum absolute atomic E-state index is 0.597. The summed E-state index contributed by atoms with van der Waals surface area (Å²) >= 11 is 5.21. The molecular formula is C18H17ClF6O3. The molecule has 3 nitrogen and oxygen atoms in total. The zero-order valence-electron chi connectivity index (χ0n) is 15.3. The van der Waals surface area contributed by atoms with Gasteiger partial charge in [-0.05, 0) is 18.3 Å². The number of methoxy groups -OCH3 is 1. The van der Waals surface area contributed by atoms with Gasteiger partial charge in [0, 0.05) is 5.56 Å². The van der Waals surface area contributed by atoms with Crippen molar-refractivity contribution in [3.63, 3.8) is 0 Å². The molecule has 2 rings (SSSR count). The number of hydrogen-bond acceptors (Lipinski definition) is 3. The van der Waals surface area contributed by atoms with Gasteiger partial charge < -0.3 is 9.47 Å². The van der Waals surface area contributed by atoms with Crippen LogP contribution in [0.3, 0.4) is 0 Å². The highest BCUT2D eigenvalue weighted by Gasteiger charge is 2.62. The summed E-state index contributed by atoms with van der Waals surface area (Å²) in [6.45, 7) is 3.23. The maximum Gasteiger partial charge on any atom is 0.426 e. The molecular weight excluding hydrogens is 414 g/mol. The molecule has 0 bridgehead atoms. The molecule has 156 valence electrons. The topological polar surface area (TPSA) is 35.5 Å². The highest BCUT2D eigenvalue weighted by atomic mass is 35.5. The van der Waals surface area contributed by atoms with Gasteiger partial charge in [-0.1, -0.05) is 31.5 Å². The van der Waals surface area contributed by atoms with E-state index in [1.165, 1.54) is 13.8 Å². The Balaban J connectivity index is 2.20. The fourth-order valence-electron chi connectivity index (χ4n) is 3.06. The highest BCUT2D eigenvalue weighted by Crippen LogP contribution is 2.60. The Labute approximate surface area is 162 Å². The van der Waals surface area contributed by atoms with E-state index < -0.39 is 75.4 Å². The van der Waals surface area contributed by atoms with Gasteiger partial charge in [0.2, 0.25) is 0 Å². The average molecular weight is 431 g/mol. The lowest BCUT2D eigenvalue weighted by molar-refractivity contribution is -0.147.